The van der Waals surface area contributed by atoms with Crippen LogP contribution in [-0.2, 0) is 28.6 Å². The highest BCUT2D eigenvalue weighted by Crippen LogP contribution is 2.72. The van der Waals surface area contributed by atoms with Crippen LogP contribution >= 0.6 is 15.9 Å². The van der Waals surface area contributed by atoms with Crippen molar-refractivity contribution in [3.05, 3.63) is 45.5 Å². The van der Waals surface area contributed by atoms with Crippen LogP contribution in [0.4, 0.5) is 0 Å². The standard InChI is InChI=1S/C28H31BrO6/c1-13-15(14-7-6-8-16(14)29)11-17-21(13)28(4)18(12-20(31)33-5)27(3)19(30)9-10-26(2)23(27)22(24(28)34-17)35-25(26)32/h6-7,9-10,15,17-18,22-24H,8,11-12H2,1-5H3. The molecule has 2 aliphatic heterocycles. The number of ketones is 1. The smallest absolute Gasteiger partial charge is 0.316 e. The predicted molar refractivity (Wildman–Crippen MR) is 131 cm³/mol. The molecule has 2 saturated heterocycles. The maximum atomic E-state index is 13.7. The number of halogens is 1. The summed E-state index contributed by atoms with van der Waals surface area (Å²) in [5, 5.41) is 0. The predicted octanol–water partition coefficient (Wildman–Crippen LogP) is 4.59. The number of ether oxygens (including phenoxy) is 3. The molecule has 9 atom stereocenters. The Morgan fingerprint density at radius 2 is 1.94 bits per heavy atom. The van der Waals surface area contributed by atoms with E-state index < -0.39 is 40.3 Å². The second kappa shape index (κ2) is 7.28. The summed E-state index contributed by atoms with van der Waals surface area (Å²) in [7, 11) is 1.38. The van der Waals surface area contributed by atoms with Crippen molar-refractivity contribution in [2.45, 2.75) is 65.3 Å². The van der Waals surface area contributed by atoms with E-state index in [4.69, 9.17) is 14.2 Å². The lowest BCUT2D eigenvalue weighted by atomic mass is 9.42. The van der Waals surface area contributed by atoms with Gasteiger partial charge in [0.15, 0.2) is 5.78 Å². The average Bonchev–Trinajstić information content (AvgIpc) is 3.52. The summed E-state index contributed by atoms with van der Waals surface area (Å²) < 4.78 is 19.2. The molecule has 0 bridgehead atoms. The SMILES string of the molecule is COC(=O)CC1C2(C)C3=C(C)C(C4=C(Br)CC=C4)CC3OC2C2OC(=O)C3(C)C=CC(=O)C1(C)C23. The van der Waals surface area contributed by atoms with Gasteiger partial charge >= 0.3 is 11.9 Å². The zero-order chi connectivity index (χ0) is 25.1. The zero-order valence-corrected chi connectivity index (χ0v) is 22.3. The van der Waals surface area contributed by atoms with E-state index in [1.54, 1.807) is 6.08 Å². The van der Waals surface area contributed by atoms with Gasteiger partial charge in [0.2, 0.25) is 0 Å². The summed E-state index contributed by atoms with van der Waals surface area (Å²) >= 11 is 3.74. The van der Waals surface area contributed by atoms with Crippen molar-refractivity contribution in [1.82, 2.24) is 0 Å². The number of fused-ring (bicyclic) bond motifs is 4. The maximum absolute atomic E-state index is 13.7. The molecule has 0 spiro atoms. The number of carbonyl (C=O) groups excluding carboxylic acids is 3. The Labute approximate surface area is 213 Å². The van der Waals surface area contributed by atoms with Gasteiger partial charge in [0.1, 0.15) is 12.2 Å². The summed E-state index contributed by atoms with van der Waals surface area (Å²) in [5.74, 6) is -1.33. The number of carbonyl (C=O) groups is 3. The highest BCUT2D eigenvalue weighted by molar-refractivity contribution is 9.11. The molecule has 6 nitrogen and oxygen atoms in total. The molecule has 6 aliphatic rings. The third-order valence-electron chi connectivity index (χ3n) is 10.2. The molecule has 6 rings (SSSR count). The highest BCUT2D eigenvalue weighted by atomic mass is 79.9. The summed E-state index contributed by atoms with van der Waals surface area (Å²) in [6, 6.07) is 0. The molecule has 2 heterocycles. The monoisotopic (exact) mass is 542 g/mol. The minimum absolute atomic E-state index is 0.0581. The fourth-order valence-corrected chi connectivity index (χ4v) is 9.31. The number of hydrogen-bond acceptors (Lipinski definition) is 6. The van der Waals surface area contributed by atoms with Crippen molar-refractivity contribution >= 4 is 33.7 Å². The van der Waals surface area contributed by atoms with E-state index in [9.17, 15) is 14.4 Å². The van der Waals surface area contributed by atoms with Gasteiger partial charge in [0.05, 0.1) is 25.0 Å². The van der Waals surface area contributed by atoms with Gasteiger partial charge in [-0.05, 0) is 49.8 Å². The molecule has 0 radical (unpaired) electrons. The molecular weight excluding hydrogens is 512 g/mol. The van der Waals surface area contributed by atoms with Crippen molar-refractivity contribution in [1.29, 1.82) is 0 Å². The van der Waals surface area contributed by atoms with Crippen LogP contribution in [0.25, 0.3) is 0 Å². The third-order valence-corrected chi connectivity index (χ3v) is 11.0. The van der Waals surface area contributed by atoms with Gasteiger partial charge in [-0.1, -0.05) is 53.6 Å². The quantitative estimate of drug-likeness (QED) is 0.383. The highest BCUT2D eigenvalue weighted by Gasteiger charge is 2.77. The minimum Gasteiger partial charge on any atom is -0.469 e. The van der Waals surface area contributed by atoms with Crippen LogP contribution in [0.3, 0.4) is 0 Å². The first-order chi connectivity index (χ1) is 16.5. The van der Waals surface area contributed by atoms with Gasteiger partial charge in [0, 0.05) is 27.1 Å². The number of esters is 2. The number of hydrogen-bond donors (Lipinski definition) is 0. The van der Waals surface area contributed by atoms with Crippen LogP contribution in [0.1, 0.15) is 47.0 Å². The first-order valence-electron chi connectivity index (χ1n) is 12.4. The lowest BCUT2D eigenvalue weighted by molar-refractivity contribution is -0.190. The van der Waals surface area contributed by atoms with Crippen LogP contribution in [0, 0.1) is 34.0 Å². The van der Waals surface area contributed by atoms with Crippen LogP contribution in [-0.4, -0.2) is 43.1 Å². The largest absolute Gasteiger partial charge is 0.469 e. The third kappa shape index (κ3) is 2.66. The molecule has 3 fully saturated rings. The van der Waals surface area contributed by atoms with Crippen LogP contribution in [0.15, 0.2) is 45.5 Å². The number of allylic oxidation sites excluding steroid dienone is 6. The first-order valence-corrected chi connectivity index (χ1v) is 13.2. The fourth-order valence-electron chi connectivity index (χ4n) is 8.71. The molecule has 0 aromatic carbocycles. The molecule has 35 heavy (non-hydrogen) atoms. The summed E-state index contributed by atoms with van der Waals surface area (Å²) in [6.07, 6.45) is 8.24. The normalized spacial score (nSPS) is 47.3. The summed E-state index contributed by atoms with van der Waals surface area (Å²) in [4.78, 5) is 39.8. The Morgan fingerprint density at radius 1 is 1.20 bits per heavy atom. The van der Waals surface area contributed by atoms with Gasteiger partial charge in [-0.15, -0.1) is 0 Å². The molecule has 4 aliphatic carbocycles. The number of rotatable bonds is 3. The molecule has 7 heteroatoms. The average molecular weight is 543 g/mol. The van der Waals surface area contributed by atoms with Crippen molar-refractivity contribution < 1.29 is 28.6 Å². The maximum Gasteiger partial charge on any atom is 0.316 e. The van der Waals surface area contributed by atoms with E-state index in [-0.39, 0.29) is 36.2 Å². The second-order valence-corrected chi connectivity index (χ2v) is 12.6. The van der Waals surface area contributed by atoms with Crippen molar-refractivity contribution in [3.8, 4) is 0 Å². The van der Waals surface area contributed by atoms with Crippen LogP contribution in [0.2, 0.25) is 0 Å². The lowest BCUT2D eigenvalue weighted by Gasteiger charge is -2.59. The molecule has 186 valence electrons. The van der Waals surface area contributed by atoms with Gasteiger partial charge < -0.3 is 14.2 Å². The first kappa shape index (κ1) is 23.4. The van der Waals surface area contributed by atoms with E-state index in [1.165, 1.54) is 34.4 Å². The van der Waals surface area contributed by atoms with E-state index >= 15 is 0 Å². The zero-order valence-electron chi connectivity index (χ0n) is 20.7. The fraction of sp³-hybridized carbons (Fsp3) is 0.607. The van der Waals surface area contributed by atoms with Gasteiger partial charge in [-0.3, -0.25) is 14.4 Å². The molecule has 0 N–H and O–H groups in total. The molecule has 0 aromatic rings. The molecular formula is C28H31BrO6. The Kier molecular flexibility index (Phi) is 4.87. The molecule has 9 unspecified atom stereocenters. The van der Waals surface area contributed by atoms with Crippen LogP contribution in [0.5, 0.6) is 0 Å². The summed E-state index contributed by atoms with van der Waals surface area (Å²) in [6.45, 7) is 8.07. The molecule has 1 saturated carbocycles. The van der Waals surface area contributed by atoms with E-state index in [0.29, 0.717) is 0 Å². The van der Waals surface area contributed by atoms with Gasteiger partial charge in [0.25, 0.3) is 0 Å². The second-order valence-electron chi connectivity index (χ2n) is 11.6. The van der Waals surface area contributed by atoms with Crippen LogP contribution < -0.4 is 0 Å². The topological polar surface area (TPSA) is 78.9 Å². The van der Waals surface area contributed by atoms with Crippen molar-refractivity contribution in [3.63, 3.8) is 0 Å². The Morgan fingerprint density at radius 3 is 2.60 bits per heavy atom. The van der Waals surface area contributed by atoms with Gasteiger partial charge in [-0.25, -0.2) is 0 Å². The van der Waals surface area contributed by atoms with E-state index in [0.717, 1.165) is 12.8 Å². The minimum atomic E-state index is -0.976. The van der Waals surface area contributed by atoms with E-state index in [1.807, 2.05) is 13.8 Å². The van der Waals surface area contributed by atoms with Crippen molar-refractivity contribution in [2.24, 2.45) is 34.0 Å². The van der Waals surface area contributed by atoms with E-state index in [2.05, 4.69) is 41.9 Å². The summed E-state index contributed by atoms with van der Waals surface area (Å²) in [5.41, 5.74) is 1.11. The Balaban J connectivity index is 1.57. The van der Waals surface area contributed by atoms with Crippen molar-refractivity contribution in [2.75, 3.05) is 7.11 Å². The van der Waals surface area contributed by atoms with Gasteiger partial charge in [-0.2, -0.15) is 0 Å². The molecule has 0 aromatic heterocycles. The Hall–Kier alpha value is -1.99. The lowest BCUT2D eigenvalue weighted by Crippen LogP contribution is -2.66. The Bertz CT molecular complexity index is 1190. The molecule has 0 amide bonds. The number of methoxy groups -OCH3 is 1.